The molecule has 0 bridgehead atoms. The van der Waals surface area contributed by atoms with Crippen LogP contribution in [0.3, 0.4) is 0 Å². The highest BCUT2D eigenvalue weighted by Crippen LogP contribution is 2.35. The van der Waals surface area contributed by atoms with Crippen molar-refractivity contribution in [3.63, 3.8) is 0 Å². The standard InChI is InChI=1S/C21H28BrN3O3S/c1-3-25(4-2)29(27,28)16-11-12-20(24-13-7-8-14-24)19(15-16)23-21(26)17-9-5-6-10-18(17)22/h5-6,9-12,15,21,23,26H,3-4,7-8,13-14H2,1-2H3/t21-/m0/s1. The Morgan fingerprint density at radius 3 is 2.41 bits per heavy atom. The SMILES string of the molecule is CCN(CC)S(=O)(=O)c1ccc(N2CCCC2)c(N[C@@H](O)c2ccccc2Br)c1. The van der Waals surface area contributed by atoms with Gasteiger partial charge in [0.05, 0.1) is 16.3 Å². The van der Waals surface area contributed by atoms with Crippen LogP contribution in [0.25, 0.3) is 0 Å². The highest BCUT2D eigenvalue weighted by molar-refractivity contribution is 9.10. The molecule has 29 heavy (non-hydrogen) atoms. The molecule has 6 nitrogen and oxygen atoms in total. The number of benzene rings is 2. The predicted octanol–water partition coefficient (Wildman–Crippen LogP) is 4.18. The lowest BCUT2D eigenvalue weighted by Gasteiger charge is -2.26. The average molecular weight is 482 g/mol. The summed E-state index contributed by atoms with van der Waals surface area (Å²) in [5.74, 6) is 0. The molecule has 2 N–H and O–H groups in total. The molecule has 0 amide bonds. The van der Waals surface area contributed by atoms with Crippen molar-refractivity contribution in [2.24, 2.45) is 0 Å². The van der Waals surface area contributed by atoms with Crippen molar-refractivity contribution in [2.45, 2.75) is 37.8 Å². The maximum atomic E-state index is 13.0. The molecule has 0 spiro atoms. The molecule has 1 aliphatic rings. The normalized spacial score (nSPS) is 15.7. The molecular weight excluding hydrogens is 454 g/mol. The molecule has 158 valence electrons. The molecule has 0 unspecified atom stereocenters. The highest BCUT2D eigenvalue weighted by Gasteiger charge is 2.25. The molecule has 2 aromatic rings. The van der Waals surface area contributed by atoms with Gasteiger partial charge in [0.15, 0.2) is 6.23 Å². The van der Waals surface area contributed by atoms with Crippen molar-refractivity contribution < 1.29 is 13.5 Å². The Bertz CT molecular complexity index is 942. The van der Waals surface area contributed by atoms with Crippen LogP contribution in [0.15, 0.2) is 51.8 Å². The van der Waals surface area contributed by atoms with Crippen LogP contribution < -0.4 is 10.2 Å². The maximum absolute atomic E-state index is 13.0. The van der Waals surface area contributed by atoms with Gasteiger partial charge in [-0.25, -0.2) is 8.42 Å². The van der Waals surface area contributed by atoms with Crippen molar-refractivity contribution in [3.05, 3.63) is 52.5 Å². The fourth-order valence-electron chi connectivity index (χ4n) is 3.66. The molecule has 2 aromatic carbocycles. The van der Waals surface area contributed by atoms with E-state index < -0.39 is 16.3 Å². The average Bonchev–Trinajstić information content (AvgIpc) is 3.23. The molecule has 8 heteroatoms. The van der Waals surface area contributed by atoms with E-state index in [0.29, 0.717) is 24.3 Å². The summed E-state index contributed by atoms with van der Waals surface area (Å²) in [6.45, 7) is 6.32. The van der Waals surface area contributed by atoms with E-state index in [2.05, 4.69) is 26.1 Å². The summed E-state index contributed by atoms with van der Waals surface area (Å²) >= 11 is 3.47. The number of aliphatic hydroxyl groups excluding tert-OH is 1. The lowest BCUT2D eigenvalue weighted by molar-refractivity contribution is 0.207. The minimum atomic E-state index is -3.59. The summed E-state index contributed by atoms with van der Waals surface area (Å²) in [4.78, 5) is 2.45. The summed E-state index contributed by atoms with van der Waals surface area (Å²) < 4.78 is 28.2. The molecular formula is C21H28BrN3O3S. The van der Waals surface area contributed by atoms with Gasteiger partial charge < -0.3 is 15.3 Å². The maximum Gasteiger partial charge on any atom is 0.243 e. The Labute approximate surface area is 181 Å². The van der Waals surface area contributed by atoms with Gasteiger partial charge in [0.1, 0.15) is 0 Å². The topological polar surface area (TPSA) is 72.9 Å². The Morgan fingerprint density at radius 1 is 1.14 bits per heavy atom. The first kappa shape index (κ1) is 22.1. The predicted molar refractivity (Wildman–Crippen MR) is 121 cm³/mol. The number of hydrogen-bond donors (Lipinski definition) is 2. The number of hydrogen-bond acceptors (Lipinski definition) is 5. The van der Waals surface area contributed by atoms with Crippen LogP contribution in [0.5, 0.6) is 0 Å². The van der Waals surface area contributed by atoms with Crippen LogP contribution in [0.2, 0.25) is 0 Å². The Balaban J connectivity index is 2.01. The fourth-order valence-corrected chi connectivity index (χ4v) is 5.65. The van der Waals surface area contributed by atoms with Gasteiger partial charge in [0.2, 0.25) is 10.0 Å². The monoisotopic (exact) mass is 481 g/mol. The minimum absolute atomic E-state index is 0.228. The number of anilines is 2. The molecule has 1 fully saturated rings. The van der Waals surface area contributed by atoms with Crippen LogP contribution in [-0.2, 0) is 10.0 Å². The van der Waals surface area contributed by atoms with Gasteiger partial charge in [-0.3, -0.25) is 0 Å². The summed E-state index contributed by atoms with van der Waals surface area (Å²) in [6, 6.07) is 12.6. The summed E-state index contributed by atoms with van der Waals surface area (Å²) in [5.41, 5.74) is 2.22. The molecule has 1 aliphatic heterocycles. The third kappa shape index (κ3) is 4.77. The third-order valence-electron chi connectivity index (χ3n) is 5.25. The smallest absolute Gasteiger partial charge is 0.243 e. The van der Waals surface area contributed by atoms with Crippen LogP contribution in [0, 0.1) is 0 Å². The number of nitrogens with zero attached hydrogens (tertiary/aromatic N) is 2. The van der Waals surface area contributed by atoms with Gasteiger partial charge in [-0.2, -0.15) is 4.31 Å². The molecule has 3 rings (SSSR count). The van der Waals surface area contributed by atoms with Gasteiger partial charge in [-0.1, -0.05) is 48.0 Å². The zero-order valence-corrected chi connectivity index (χ0v) is 19.2. The molecule has 1 saturated heterocycles. The number of nitrogens with one attached hydrogen (secondary N) is 1. The zero-order valence-electron chi connectivity index (χ0n) is 16.8. The molecule has 1 atom stereocenters. The molecule has 0 aliphatic carbocycles. The van der Waals surface area contributed by atoms with Crippen LogP contribution in [0.1, 0.15) is 38.5 Å². The van der Waals surface area contributed by atoms with Crippen molar-refractivity contribution in [2.75, 3.05) is 36.4 Å². The van der Waals surface area contributed by atoms with Crippen LogP contribution in [0.4, 0.5) is 11.4 Å². The third-order valence-corrected chi connectivity index (χ3v) is 8.02. The summed E-state index contributed by atoms with van der Waals surface area (Å²) in [6.07, 6.45) is 1.23. The van der Waals surface area contributed by atoms with Crippen molar-refractivity contribution in [1.29, 1.82) is 0 Å². The van der Waals surface area contributed by atoms with Crippen LogP contribution >= 0.6 is 15.9 Å². The molecule has 1 heterocycles. The van der Waals surface area contributed by atoms with E-state index in [1.165, 1.54) is 4.31 Å². The minimum Gasteiger partial charge on any atom is -0.370 e. The van der Waals surface area contributed by atoms with Gasteiger partial charge >= 0.3 is 0 Å². The second-order valence-electron chi connectivity index (χ2n) is 7.03. The molecule has 0 aromatic heterocycles. The Kier molecular flexibility index (Phi) is 7.21. The van der Waals surface area contributed by atoms with E-state index in [1.807, 2.05) is 44.2 Å². The van der Waals surface area contributed by atoms with E-state index in [-0.39, 0.29) is 4.90 Å². The quantitative estimate of drug-likeness (QED) is 0.553. The first-order valence-corrected chi connectivity index (χ1v) is 12.2. The van der Waals surface area contributed by atoms with Gasteiger partial charge in [-0.05, 0) is 37.1 Å². The van der Waals surface area contributed by atoms with Gasteiger partial charge in [-0.15, -0.1) is 0 Å². The largest absolute Gasteiger partial charge is 0.370 e. The number of aliphatic hydroxyl groups is 1. The van der Waals surface area contributed by atoms with Crippen LogP contribution in [-0.4, -0.2) is 44.0 Å². The lowest BCUT2D eigenvalue weighted by Crippen LogP contribution is -2.30. The first-order chi connectivity index (χ1) is 13.9. The van der Waals surface area contributed by atoms with Crippen molar-refractivity contribution >= 4 is 37.3 Å². The second kappa shape index (κ2) is 9.47. The number of sulfonamides is 1. The second-order valence-corrected chi connectivity index (χ2v) is 9.82. The van der Waals surface area contributed by atoms with Gasteiger partial charge in [0, 0.05) is 36.2 Å². The lowest BCUT2D eigenvalue weighted by atomic mass is 10.1. The van der Waals surface area contributed by atoms with E-state index in [0.717, 1.165) is 36.1 Å². The summed E-state index contributed by atoms with van der Waals surface area (Å²) in [7, 11) is -3.59. The molecule has 0 saturated carbocycles. The first-order valence-electron chi connectivity index (χ1n) is 9.96. The zero-order chi connectivity index (χ0) is 21.0. The van der Waals surface area contributed by atoms with E-state index in [1.54, 1.807) is 12.1 Å². The van der Waals surface area contributed by atoms with Crippen molar-refractivity contribution in [1.82, 2.24) is 4.31 Å². The Hall–Kier alpha value is -1.61. The van der Waals surface area contributed by atoms with Crippen molar-refractivity contribution in [3.8, 4) is 0 Å². The van der Waals surface area contributed by atoms with E-state index >= 15 is 0 Å². The number of halogens is 1. The summed E-state index contributed by atoms with van der Waals surface area (Å²) in [5, 5.41) is 13.9. The number of rotatable bonds is 8. The highest BCUT2D eigenvalue weighted by atomic mass is 79.9. The van der Waals surface area contributed by atoms with E-state index in [9.17, 15) is 13.5 Å². The Morgan fingerprint density at radius 2 is 1.79 bits per heavy atom. The fraction of sp³-hybridized carbons (Fsp3) is 0.429. The van der Waals surface area contributed by atoms with E-state index in [4.69, 9.17) is 0 Å². The van der Waals surface area contributed by atoms with Gasteiger partial charge in [0.25, 0.3) is 0 Å². The molecule has 0 radical (unpaired) electrons.